The van der Waals surface area contributed by atoms with E-state index in [2.05, 4.69) is 5.10 Å². The molecule has 4 rings (SSSR count). The molecule has 3 aromatic carbocycles. The summed E-state index contributed by atoms with van der Waals surface area (Å²) in [5, 5.41) is 5.45. The maximum Gasteiger partial charge on any atom is 0.331 e. The van der Waals surface area contributed by atoms with Gasteiger partial charge in [-0.2, -0.15) is 5.10 Å². The van der Waals surface area contributed by atoms with Crippen LogP contribution in [0.4, 0.5) is 0 Å². The zero-order valence-corrected chi connectivity index (χ0v) is 21.5. The van der Waals surface area contributed by atoms with Crippen LogP contribution >= 0.6 is 7.37 Å². The lowest BCUT2D eigenvalue weighted by Gasteiger charge is -2.21. The van der Waals surface area contributed by atoms with Crippen LogP contribution in [0.2, 0.25) is 0 Å². The Balaban J connectivity index is 1.39. The highest BCUT2D eigenvalue weighted by atomic mass is 31.2. The van der Waals surface area contributed by atoms with Crippen LogP contribution in [0.15, 0.2) is 96.1 Å². The van der Waals surface area contributed by atoms with E-state index in [4.69, 9.17) is 4.74 Å². The first-order valence-corrected chi connectivity index (χ1v) is 14.4. The maximum absolute atomic E-state index is 13.2. The highest BCUT2D eigenvalue weighted by Gasteiger charge is 2.40. The average Bonchev–Trinajstić information content (AvgIpc) is 3.37. The number of benzene rings is 3. The normalized spacial score (nSPS) is 16.6. The molecule has 3 aromatic rings. The summed E-state index contributed by atoms with van der Waals surface area (Å²) >= 11 is 0. The monoisotopic (exact) mass is 518 g/mol. The number of esters is 1. The molecule has 1 aliphatic rings. The Morgan fingerprint density at radius 3 is 2.14 bits per heavy atom. The minimum atomic E-state index is -3.75. The molecule has 8 heteroatoms. The highest BCUT2D eigenvalue weighted by Crippen LogP contribution is 2.42. The number of ether oxygens (including phenoxy) is 1. The third kappa shape index (κ3) is 7.72. The molecular formula is C29H31N2O5P. The van der Waals surface area contributed by atoms with Crippen LogP contribution in [0.25, 0.3) is 0 Å². The second-order valence-corrected chi connectivity index (χ2v) is 11.6. The summed E-state index contributed by atoms with van der Waals surface area (Å²) in [4.78, 5) is 36.7. The number of carbonyl (C=O) groups is 2. The maximum atomic E-state index is 13.2. The molecule has 0 saturated carbocycles. The van der Waals surface area contributed by atoms with Gasteiger partial charge in [-0.05, 0) is 36.0 Å². The van der Waals surface area contributed by atoms with Gasteiger partial charge in [0.05, 0.1) is 5.71 Å². The summed E-state index contributed by atoms with van der Waals surface area (Å²) in [7, 11) is -3.75. The van der Waals surface area contributed by atoms with Crippen LogP contribution in [0.5, 0.6) is 0 Å². The van der Waals surface area contributed by atoms with Crippen molar-refractivity contribution in [2.24, 2.45) is 5.10 Å². The minimum Gasteiger partial charge on any atom is -0.459 e. The number of rotatable bonds is 11. The van der Waals surface area contributed by atoms with Gasteiger partial charge in [-0.25, -0.2) is 9.80 Å². The van der Waals surface area contributed by atoms with E-state index in [-0.39, 0.29) is 19.2 Å². The lowest BCUT2D eigenvalue weighted by atomic mass is 10.0. The average molecular weight is 519 g/mol. The third-order valence-electron chi connectivity index (χ3n) is 6.22. The standard InChI is InChI=1S/C29H31N2O5P/c32-28(22-37(34,35)19-11-10-14-23-12-4-1-5-13-23)31-27(20-26(30-31)25-17-8-3-9-18-25)29(33)36-21-24-15-6-2-7-16-24/h1-9,12-13,15-18,27H,10-11,14,19-22H2,(H,34,35). The molecule has 192 valence electrons. The van der Waals surface area contributed by atoms with Crippen molar-refractivity contribution in [3.8, 4) is 0 Å². The Morgan fingerprint density at radius 1 is 0.892 bits per heavy atom. The highest BCUT2D eigenvalue weighted by molar-refractivity contribution is 7.58. The summed E-state index contributed by atoms with van der Waals surface area (Å²) in [5.41, 5.74) is 3.34. The van der Waals surface area contributed by atoms with Gasteiger partial charge in [-0.1, -0.05) is 91.0 Å². The van der Waals surface area contributed by atoms with Gasteiger partial charge in [0, 0.05) is 12.6 Å². The van der Waals surface area contributed by atoms with E-state index < -0.39 is 31.4 Å². The first kappa shape index (κ1) is 26.5. The molecule has 0 fully saturated rings. The Hall–Kier alpha value is -3.54. The molecule has 0 aromatic heterocycles. The van der Waals surface area contributed by atoms with Crippen LogP contribution in [-0.2, 0) is 31.9 Å². The molecule has 0 radical (unpaired) electrons. The second-order valence-electron chi connectivity index (χ2n) is 9.13. The molecule has 7 nitrogen and oxygen atoms in total. The van der Waals surface area contributed by atoms with E-state index in [1.54, 1.807) is 0 Å². The van der Waals surface area contributed by atoms with Crippen LogP contribution < -0.4 is 0 Å². The summed E-state index contributed by atoms with van der Waals surface area (Å²) in [5.74, 6) is -1.25. The number of carbonyl (C=O) groups excluding carboxylic acids is 2. The van der Waals surface area contributed by atoms with Gasteiger partial charge < -0.3 is 9.63 Å². The van der Waals surface area contributed by atoms with Crippen LogP contribution in [0.1, 0.15) is 36.0 Å². The molecule has 0 bridgehead atoms. The first-order valence-electron chi connectivity index (χ1n) is 12.4. The number of hydrazone groups is 1. The second kappa shape index (κ2) is 12.6. The third-order valence-corrected chi connectivity index (χ3v) is 8.00. The molecule has 1 aliphatic heterocycles. The fourth-order valence-electron chi connectivity index (χ4n) is 4.25. The van der Waals surface area contributed by atoms with E-state index in [0.29, 0.717) is 12.1 Å². The smallest absolute Gasteiger partial charge is 0.331 e. The minimum absolute atomic E-state index is 0.0395. The van der Waals surface area contributed by atoms with Crippen molar-refractivity contribution in [2.45, 2.75) is 38.3 Å². The first-order chi connectivity index (χ1) is 17.9. The number of aryl methyl sites for hydroxylation is 1. The topological polar surface area (TPSA) is 96.3 Å². The summed E-state index contributed by atoms with van der Waals surface area (Å²) in [6.07, 6.45) is 1.73. The molecule has 1 amide bonds. The van der Waals surface area contributed by atoms with Gasteiger partial charge in [0.1, 0.15) is 12.8 Å². The van der Waals surface area contributed by atoms with Crippen molar-refractivity contribution >= 4 is 25.0 Å². The van der Waals surface area contributed by atoms with Crippen molar-refractivity contribution < 1.29 is 23.8 Å². The zero-order chi connectivity index (χ0) is 26.1. The van der Waals surface area contributed by atoms with Crippen molar-refractivity contribution in [2.75, 3.05) is 12.3 Å². The Labute approximate surface area is 217 Å². The van der Waals surface area contributed by atoms with Gasteiger partial charge in [0.2, 0.25) is 7.37 Å². The SMILES string of the molecule is O=C(OCc1ccccc1)C1CC(c2ccccc2)=NN1C(=O)CP(=O)(O)CCCCc1ccccc1. The number of nitrogens with zero attached hydrogens (tertiary/aromatic N) is 2. The molecule has 1 heterocycles. The van der Waals surface area contributed by atoms with Gasteiger partial charge >= 0.3 is 5.97 Å². The van der Waals surface area contributed by atoms with Gasteiger partial charge in [0.25, 0.3) is 5.91 Å². The molecule has 37 heavy (non-hydrogen) atoms. The molecule has 0 saturated heterocycles. The number of amides is 1. The predicted octanol–water partition coefficient (Wildman–Crippen LogP) is 5.03. The molecule has 2 atom stereocenters. The zero-order valence-electron chi connectivity index (χ0n) is 20.6. The van der Waals surface area contributed by atoms with Crippen molar-refractivity contribution in [1.29, 1.82) is 0 Å². The van der Waals surface area contributed by atoms with E-state index in [0.717, 1.165) is 29.0 Å². The van der Waals surface area contributed by atoms with Gasteiger partial charge in [-0.3, -0.25) is 9.36 Å². The quantitative estimate of drug-likeness (QED) is 0.218. The van der Waals surface area contributed by atoms with E-state index in [9.17, 15) is 19.0 Å². The van der Waals surface area contributed by atoms with Gasteiger partial charge in [-0.15, -0.1) is 0 Å². The molecule has 2 unspecified atom stereocenters. The van der Waals surface area contributed by atoms with Crippen LogP contribution in [0, 0.1) is 0 Å². The molecular weight excluding hydrogens is 487 g/mol. The fourth-order valence-corrected chi connectivity index (χ4v) is 5.69. The summed E-state index contributed by atoms with van der Waals surface area (Å²) in [6, 6.07) is 27.5. The van der Waals surface area contributed by atoms with Crippen LogP contribution in [-0.4, -0.2) is 45.9 Å². The number of hydrogen-bond donors (Lipinski definition) is 1. The lowest BCUT2D eigenvalue weighted by molar-refractivity contribution is -0.154. The largest absolute Gasteiger partial charge is 0.459 e. The lowest BCUT2D eigenvalue weighted by Crippen LogP contribution is -2.41. The predicted molar refractivity (Wildman–Crippen MR) is 143 cm³/mol. The van der Waals surface area contributed by atoms with Crippen molar-refractivity contribution in [3.05, 3.63) is 108 Å². The van der Waals surface area contributed by atoms with E-state index in [1.807, 2.05) is 91.0 Å². The van der Waals surface area contributed by atoms with Crippen LogP contribution in [0.3, 0.4) is 0 Å². The molecule has 0 spiro atoms. The molecule has 0 aliphatic carbocycles. The van der Waals surface area contributed by atoms with Crippen molar-refractivity contribution in [3.63, 3.8) is 0 Å². The Kier molecular flexibility index (Phi) is 9.04. The summed E-state index contributed by atoms with van der Waals surface area (Å²) in [6.45, 7) is 0.0682. The number of unbranched alkanes of at least 4 members (excludes halogenated alkanes) is 1. The van der Waals surface area contributed by atoms with E-state index in [1.165, 1.54) is 5.56 Å². The number of hydrogen-bond acceptors (Lipinski definition) is 5. The Morgan fingerprint density at radius 2 is 1.49 bits per heavy atom. The molecule has 1 N–H and O–H groups in total. The van der Waals surface area contributed by atoms with Crippen molar-refractivity contribution in [1.82, 2.24) is 5.01 Å². The van der Waals surface area contributed by atoms with E-state index >= 15 is 0 Å². The summed E-state index contributed by atoms with van der Waals surface area (Å²) < 4.78 is 18.4. The van der Waals surface area contributed by atoms with Gasteiger partial charge in [0.15, 0.2) is 6.04 Å². The Bertz CT molecular complexity index is 1270. The fraction of sp³-hybridized carbons (Fsp3) is 0.276.